The molecule has 22 aromatic carbocycles. The van der Waals surface area contributed by atoms with E-state index in [9.17, 15) is 0 Å². The number of rotatable bonds is 8. The quantitative estimate of drug-likeness (QED) is 0.112. The van der Waals surface area contributed by atoms with Gasteiger partial charge in [0.15, 0.2) is 0 Å². The predicted molar refractivity (Wildman–Crippen MR) is 537 cm³/mol. The fraction of sp³-hybridized carbons (Fsp3) is 0. The molecular formula is C122H76N4. The summed E-state index contributed by atoms with van der Waals surface area (Å²) in [5, 5.41) is 31.2. The first kappa shape index (κ1) is 73.3. The molecule has 0 fully saturated rings. The molecule has 0 saturated carbocycles. The molecule has 0 bridgehead atoms. The molecule has 4 aromatic heterocycles. The Hall–Kier alpha value is -16.7. The van der Waals surface area contributed by atoms with Crippen LogP contribution in [0.15, 0.2) is 461 Å². The molecular weight excluding hydrogens is 1520 g/mol. The van der Waals surface area contributed by atoms with Gasteiger partial charge in [-0.2, -0.15) is 0 Å². The molecule has 0 radical (unpaired) electrons. The van der Waals surface area contributed by atoms with Crippen molar-refractivity contribution in [1.82, 2.24) is 19.9 Å². The van der Waals surface area contributed by atoms with Crippen molar-refractivity contribution in [3.8, 4) is 89.5 Å². The smallest absolute Gasteiger partial charge is 0.0794 e. The second-order valence-corrected chi connectivity index (χ2v) is 32.8. The molecule has 0 atom stereocenters. The molecule has 0 saturated heterocycles. The molecule has 4 nitrogen and oxygen atoms in total. The summed E-state index contributed by atoms with van der Waals surface area (Å²) < 4.78 is 0. The third kappa shape index (κ3) is 12.5. The molecule has 0 amide bonds. The highest BCUT2D eigenvalue weighted by molar-refractivity contribution is 6.26. The Balaban J connectivity index is 0.000000108. The van der Waals surface area contributed by atoms with Crippen molar-refractivity contribution in [1.29, 1.82) is 0 Å². The Kier molecular flexibility index (Phi) is 17.9. The monoisotopic (exact) mass is 1600 g/mol. The minimum atomic E-state index is 0.978. The maximum Gasteiger partial charge on any atom is 0.0794 e. The largest absolute Gasteiger partial charge is 0.247 e. The van der Waals surface area contributed by atoms with Gasteiger partial charge in [-0.3, -0.25) is 0 Å². The number of aromatic nitrogens is 4. The van der Waals surface area contributed by atoms with Gasteiger partial charge < -0.3 is 0 Å². The zero-order valence-corrected chi connectivity index (χ0v) is 68.7. The average Bonchev–Trinajstić information content (AvgIpc) is 0.734. The molecule has 26 aromatic rings. The van der Waals surface area contributed by atoms with Crippen molar-refractivity contribution in [2.75, 3.05) is 0 Å². The highest BCUT2D eigenvalue weighted by Gasteiger charge is 2.25. The fourth-order valence-corrected chi connectivity index (χ4v) is 20.0. The van der Waals surface area contributed by atoms with Crippen molar-refractivity contribution in [3.05, 3.63) is 461 Å². The Morgan fingerprint density at radius 1 is 0.111 bits per heavy atom. The summed E-state index contributed by atoms with van der Waals surface area (Å²) in [5.74, 6) is 0. The third-order valence-corrected chi connectivity index (χ3v) is 25.7. The number of pyridine rings is 4. The Morgan fingerprint density at radius 3 is 0.778 bits per heavy atom. The van der Waals surface area contributed by atoms with Crippen LogP contribution in [0, 0.1) is 0 Å². The highest BCUT2D eigenvalue weighted by Crippen LogP contribution is 2.50. The summed E-state index contributed by atoms with van der Waals surface area (Å²) in [7, 11) is 0. The zero-order valence-electron chi connectivity index (χ0n) is 68.7. The molecule has 4 heteroatoms. The van der Waals surface area contributed by atoms with Crippen LogP contribution in [0.1, 0.15) is 0 Å². The van der Waals surface area contributed by atoms with Crippen LogP contribution >= 0.6 is 0 Å². The van der Waals surface area contributed by atoms with Gasteiger partial charge in [-0.05, 0) is 172 Å². The summed E-state index contributed by atoms with van der Waals surface area (Å²) in [6.07, 6.45) is 0. The molecule has 0 unspecified atom stereocenters. The summed E-state index contributed by atoms with van der Waals surface area (Å²) in [6, 6.07) is 165. The van der Waals surface area contributed by atoms with Crippen molar-refractivity contribution in [2.45, 2.75) is 0 Å². The molecule has 584 valence electrons. The van der Waals surface area contributed by atoms with Crippen LogP contribution in [0.25, 0.3) is 252 Å². The number of hydrogen-bond donors (Lipinski definition) is 0. The first-order valence-electron chi connectivity index (χ1n) is 43.2. The van der Waals surface area contributed by atoms with Gasteiger partial charge in [-0.25, -0.2) is 19.9 Å². The number of fused-ring (bicyclic) bond motifs is 19. The minimum Gasteiger partial charge on any atom is -0.247 e. The average molecular weight is 1600 g/mol. The van der Waals surface area contributed by atoms with E-state index in [-0.39, 0.29) is 0 Å². The van der Waals surface area contributed by atoms with Gasteiger partial charge in [0.05, 0.1) is 44.8 Å². The van der Waals surface area contributed by atoms with Crippen LogP contribution in [0.4, 0.5) is 0 Å². The SMILES string of the molecule is c1ccc(-c2c3ccccc3c(-c3ccc4ccc5ccccc5c4n3)c3ccccc23)cc1.c1ccc(-c2cccc3c2ccc2c(-c4ccccc4)cc(-c4c5ccccc5c(-c5ccc6ccccc6c5)c5ccccc45)nc23)cc1.c1ccc2c(c1)ccc1ccc(-c3c4ccccc4c(-c4ccc5ccc6ccccc6c5n4)c4ccccc34)nc12. The van der Waals surface area contributed by atoms with Crippen molar-refractivity contribution in [3.63, 3.8) is 0 Å². The zero-order chi connectivity index (χ0) is 83.1. The first-order valence-corrected chi connectivity index (χ1v) is 43.2. The normalized spacial score (nSPS) is 11.7. The van der Waals surface area contributed by atoms with Crippen LogP contribution in [-0.4, -0.2) is 19.9 Å². The standard InChI is InChI=1S/C49H31N.C40H24N2.C33H21N/c1-3-15-33(16-4-1)37-24-13-25-43-38(37)28-29-44-45(34-17-5-2-6-18-34)31-46(50-49(43)44)48-41-22-11-9-20-39(41)47(40-21-10-12-23-42(40)48)36-27-26-32-14-7-8-19-35(32)30-36;1-3-11-29-25(9-1)17-19-27-21-23-35(41-39(27)29)37-31-13-5-7-15-33(31)38(34-16-8-6-14-32(34)37)36-24-22-28-20-18-26-10-2-4-12-30(26)40(28)42-36;1-2-11-23(12-3-1)31-26-14-6-8-16-28(26)32(29-17-9-7-15-27(29)31)30-21-20-24-19-18-22-10-4-5-13-25(22)33(24)34-30/h1-31H;1-24H;1-21H. The Labute approximate surface area is 727 Å². The first-order chi connectivity index (χ1) is 62.5. The van der Waals surface area contributed by atoms with E-state index in [1.54, 1.807) is 0 Å². The van der Waals surface area contributed by atoms with E-state index in [1.807, 2.05) is 0 Å². The van der Waals surface area contributed by atoms with Gasteiger partial charge in [0.2, 0.25) is 0 Å². The van der Waals surface area contributed by atoms with Crippen LogP contribution in [0.3, 0.4) is 0 Å². The predicted octanol–water partition coefficient (Wildman–Crippen LogP) is 33.3. The second kappa shape index (κ2) is 30.8. The van der Waals surface area contributed by atoms with Crippen LogP contribution in [0.5, 0.6) is 0 Å². The van der Waals surface area contributed by atoms with Gasteiger partial charge in [-0.15, -0.1) is 0 Å². The molecule has 0 aliphatic carbocycles. The Bertz CT molecular complexity index is 8560. The molecule has 0 aliphatic rings. The Morgan fingerprint density at radius 2 is 0.381 bits per heavy atom. The van der Waals surface area contributed by atoms with E-state index in [0.29, 0.717) is 0 Å². The van der Waals surface area contributed by atoms with Gasteiger partial charge in [-0.1, -0.05) is 431 Å². The lowest BCUT2D eigenvalue weighted by atomic mass is 9.86. The maximum absolute atomic E-state index is 5.64. The molecule has 126 heavy (non-hydrogen) atoms. The molecule has 0 spiro atoms. The second-order valence-electron chi connectivity index (χ2n) is 32.8. The van der Waals surface area contributed by atoms with Crippen LogP contribution < -0.4 is 0 Å². The summed E-state index contributed by atoms with van der Waals surface area (Å²) in [4.78, 5) is 21.6. The van der Waals surface area contributed by atoms with E-state index < -0.39 is 0 Å². The maximum atomic E-state index is 5.64. The lowest BCUT2D eigenvalue weighted by Crippen LogP contribution is -1.95. The topological polar surface area (TPSA) is 51.6 Å². The summed E-state index contributed by atoms with van der Waals surface area (Å²) >= 11 is 0. The van der Waals surface area contributed by atoms with Crippen molar-refractivity contribution >= 4 is 162 Å². The highest BCUT2D eigenvalue weighted by atomic mass is 14.7. The van der Waals surface area contributed by atoms with E-state index in [4.69, 9.17) is 19.9 Å². The van der Waals surface area contributed by atoms with Crippen molar-refractivity contribution < 1.29 is 0 Å². The summed E-state index contributed by atoms with van der Waals surface area (Å²) in [6.45, 7) is 0. The van der Waals surface area contributed by atoms with E-state index >= 15 is 0 Å². The van der Waals surface area contributed by atoms with Gasteiger partial charge in [0, 0.05) is 65.3 Å². The van der Waals surface area contributed by atoms with E-state index in [1.165, 1.54) is 163 Å². The third-order valence-electron chi connectivity index (χ3n) is 25.7. The molecule has 26 rings (SSSR count). The fourth-order valence-electron chi connectivity index (χ4n) is 20.0. The van der Waals surface area contributed by atoms with Crippen molar-refractivity contribution in [2.24, 2.45) is 0 Å². The van der Waals surface area contributed by atoms with Gasteiger partial charge in [0.25, 0.3) is 0 Å². The lowest BCUT2D eigenvalue weighted by molar-refractivity contribution is 1.42. The van der Waals surface area contributed by atoms with E-state index in [2.05, 4.69) is 461 Å². The van der Waals surface area contributed by atoms with Gasteiger partial charge in [0.1, 0.15) is 0 Å². The minimum absolute atomic E-state index is 0.978. The van der Waals surface area contributed by atoms with Crippen LogP contribution in [0.2, 0.25) is 0 Å². The molecule has 4 heterocycles. The number of benzene rings is 22. The number of hydrogen-bond acceptors (Lipinski definition) is 4. The van der Waals surface area contributed by atoms with E-state index in [0.717, 1.165) is 88.5 Å². The van der Waals surface area contributed by atoms with Gasteiger partial charge >= 0.3 is 0 Å². The molecule has 0 aliphatic heterocycles. The lowest BCUT2D eigenvalue weighted by Gasteiger charge is -2.19. The van der Waals surface area contributed by atoms with Crippen LogP contribution in [-0.2, 0) is 0 Å². The molecule has 0 N–H and O–H groups in total. The number of nitrogens with zero attached hydrogens (tertiary/aromatic N) is 4. The summed E-state index contributed by atoms with van der Waals surface area (Å²) in [5.41, 5.74) is 22.5.